The lowest BCUT2D eigenvalue weighted by molar-refractivity contribution is -0.121. The summed E-state index contributed by atoms with van der Waals surface area (Å²) in [5.74, 6) is 0.745. The smallest absolute Gasteiger partial charge is 0.175 e. The summed E-state index contributed by atoms with van der Waals surface area (Å²) >= 11 is 0. The van der Waals surface area contributed by atoms with Gasteiger partial charge in [0.1, 0.15) is 0 Å². The Morgan fingerprint density at radius 3 is 1.97 bits per heavy atom. The Bertz CT molecular complexity index is 1010. The number of phenols is 2. The van der Waals surface area contributed by atoms with E-state index in [9.17, 15) is 24.6 Å². The quantitative estimate of drug-likeness (QED) is 0.291. The van der Waals surface area contributed by atoms with Crippen molar-refractivity contribution in [3.63, 3.8) is 0 Å². The van der Waals surface area contributed by atoms with Gasteiger partial charge in [-0.15, -0.1) is 0 Å². The van der Waals surface area contributed by atoms with E-state index in [0.29, 0.717) is 11.1 Å². The van der Waals surface area contributed by atoms with Crippen molar-refractivity contribution >= 4 is 29.7 Å². The number of hydrogen-bond acceptors (Lipinski definition) is 7. The summed E-state index contributed by atoms with van der Waals surface area (Å²) in [4.78, 5) is 34.1. The lowest BCUT2D eigenvalue weighted by Gasteiger charge is -2.03. The van der Waals surface area contributed by atoms with Gasteiger partial charge in [0.05, 0.1) is 13.5 Å². The molecule has 29 heavy (non-hydrogen) atoms. The van der Waals surface area contributed by atoms with Gasteiger partial charge in [-0.25, -0.2) is 4.79 Å². The molecule has 0 aliphatic carbocycles. The average molecular weight is 394 g/mol. The molecular formula is C22H18O7. The van der Waals surface area contributed by atoms with Crippen molar-refractivity contribution in [2.45, 2.75) is 6.42 Å². The molecule has 2 aromatic rings. The van der Waals surface area contributed by atoms with Gasteiger partial charge < -0.3 is 19.7 Å². The zero-order valence-corrected chi connectivity index (χ0v) is 15.5. The van der Waals surface area contributed by atoms with E-state index in [1.807, 2.05) is 0 Å². The summed E-state index contributed by atoms with van der Waals surface area (Å²) in [7, 11) is 1.42. The second-order valence-electron chi connectivity index (χ2n) is 5.79. The van der Waals surface area contributed by atoms with Gasteiger partial charge in [0.15, 0.2) is 46.8 Å². The molecule has 0 aliphatic rings. The molecule has 148 valence electrons. The fourth-order valence-electron chi connectivity index (χ4n) is 2.28. The van der Waals surface area contributed by atoms with Gasteiger partial charge >= 0.3 is 0 Å². The number of carbonyl (C=O) groups excluding carboxylic acids is 3. The van der Waals surface area contributed by atoms with Crippen LogP contribution in [-0.2, 0) is 14.4 Å². The minimum Gasteiger partial charge on any atom is -0.504 e. The molecule has 0 aromatic heterocycles. The van der Waals surface area contributed by atoms with Crippen molar-refractivity contribution in [1.29, 1.82) is 0 Å². The zero-order valence-electron chi connectivity index (χ0n) is 15.5. The van der Waals surface area contributed by atoms with Crippen LogP contribution in [0.25, 0.3) is 12.2 Å². The monoisotopic (exact) mass is 394 g/mol. The summed E-state index contributed by atoms with van der Waals surface area (Å²) in [5.41, 5.74) is 1.17. The third-order valence-electron chi connectivity index (χ3n) is 3.69. The first kappa shape index (κ1) is 21.2. The molecule has 7 nitrogen and oxygen atoms in total. The maximum atomic E-state index is 12.0. The normalized spacial score (nSPS) is 10.7. The molecule has 2 aromatic carbocycles. The van der Waals surface area contributed by atoms with E-state index < -0.39 is 11.6 Å². The maximum absolute atomic E-state index is 12.0. The lowest BCUT2D eigenvalue weighted by Crippen LogP contribution is -2.01. The van der Waals surface area contributed by atoms with Gasteiger partial charge in [0.2, 0.25) is 0 Å². The highest BCUT2D eigenvalue weighted by Crippen LogP contribution is 2.28. The molecule has 2 rings (SSSR count). The molecule has 0 bridgehead atoms. The SMILES string of the molecule is COc1cc(/C=C/C(=O)CC(=O)/C=C/c2ccc(O)c(OC=C=O)c2)ccc1O. The fourth-order valence-corrected chi connectivity index (χ4v) is 2.28. The molecule has 0 saturated heterocycles. The Hall–Kier alpha value is -4.09. The molecule has 0 spiro atoms. The molecular weight excluding hydrogens is 376 g/mol. The summed E-state index contributed by atoms with van der Waals surface area (Å²) < 4.78 is 9.88. The van der Waals surface area contributed by atoms with E-state index in [1.54, 1.807) is 12.1 Å². The Kier molecular flexibility index (Phi) is 7.53. The van der Waals surface area contributed by atoms with Gasteiger partial charge in [-0.2, -0.15) is 0 Å². The second kappa shape index (κ2) is 10.3. The highest BCUT2D eigenvalue weighted by molar-refractivity contribution is 6.10. The highest BCUT2D eigenvalue weighted by atomic mass is 16.5. The number of ether oxygens (including phenoxy) is 2. The van der Waals surface area contributed by atoms with E-state index >= 15 is 0 Å². The van der Waals surface area contributed by atoms with Crippen LogP contribution in [0.5, 0.6) is 23.0 Å². The van der Waals surface area contributed by atoms with Crippen LogP contribution in [0.15, 0.2) is 54.8 Å². The van der Waals surface area contributed by atoms with E-state index in [1.165, 1.54) is 61.6 Å². The fraction of sp³-hybridized carbons (Fsp3) is 0.0909. The Labute approximate surface area is 166 Å². The van der Waals surface area contributed by atoms with E-state index in [-0.39, 0.29) is 29.4 Å². The Morgan fingerprint density at radius 2 is 1.45 bits per heavy atom. The standard InChI is InChI=1S/C22H18O7/c1-28-21-12-15(4-8-19(21)26)2-6-17(24)14-18(25)7-3-16-5-9-20(27)22(13-16)29-11-10-23/h2-9,11-13,26-27H,14H2,1H3/b6-2+,7-3+. The summed E-state index contributed by atoms with van der Waals surface area (Å²) in [6, 6.07) is 8.91. The first-order valence-corrected chi connectivity index (χ1v) is 8.41. The molecule has 7 heteroatoms. The molecule has 0 atom stereocenters. The minimum atomic E-state index is -0.411. The number of aromatic hydroxyl groups is 2. The van der Waals surface area contributed by atoms with Crippen LogP contribution >= 0.6 is 0 Å². The number of carbonyl (C=O) groups is 2. The van der Waals surface area contributed by atoms with Crippen LogP contribution in [0.4, 0.5) is 0 Å². The zero-order chi connectivity index (χ0) is 21.2. The van der Waals surface area contributed by atoms with Crippen LogP contribution in [0.3, 0.4) is 0 Å². The first-order chi connectivity index (χ1) is 13.9. The molecule has 2 N–H and O–H groups in total. The number of allylic oxidation sites excluding steroid dienone is 2. The number of phenolic OH excluding ortho intramolecular Hbond substituents is 2. The van der Waals surface area contributed by atoms with Gasteiger partial charge in [-0.3, -0.25) is 9.59 Å². The van der Waals surface area contributed by atoms with Crippen molar-refractivity contribution in [2.24, 2.45) is 0 Å². The summed E-state index contributed by atoms with van der Waals surface area (Å²) in [6.07, 6.45) is 5.92. The van der Waals surface area contributed by atoms with Crippen molar-refractivity contribution < 1.29 is 34.1 Å². The average Bonchev–Trinajstić information content (AvgIpc) is 2.71. The molecule has 0 amide bonds. The Balaban J connectivity index is 1.98. The van der Waals surface area contributed by atoms with Crippen LogP contribution in [0.2, 0.25) is 0 Å². The number of rotatable bonds is 9. The van der Waals surface area contributed by atoms with Gasteiger partial charge in [0, 0.05) is 0 Å². The van der Waals surface area contributed by atoms with Crippen molar-refractivity contribution in [3.8, 4) is 23.0 Å². The van der Waals surface area contributed by atoms with Crippen molar-refractivity contribution in [1.82, 2.24) is 0 Å². The predicted molar refractivity (Wildman–Crippen MR) is 106 cm³/mol. The molecule has 0 unspecified atom stereocenters. The summed E-state index contributed by atoms with van der Waals surface area (Å²) in [5, 5.41) is 19.2. The third-order valence-corrected chi connectivity index (χ3v) is 3.69. The van der Waals surface area contributed by atoms with Crippen molar-refractivity contribution in [2.75, 3.05) is 7.11 Å². The second-order valence-corrected chi connectivity index (χ2v) is 5.79. The van der Waals surface area contributed by atoms with Gasteiger partial charge in [0.25, 0.3) is 0 Å². The van der Waals surface area contributed by atoms with Crippen molar-refractivity contribution in [3.05, 3.63) is 65.9 Å². The van der Waals surface area contributed by atoms with E-state index in [0.717, 1.165) is 6.26 Å². The molecule has 0 radical (unpaired) electrons. The maximum Gasteiger partial charge on any atom is 0.175 e. The first-order valence-electron chi connectivity index (χ1n) is 8.41. The minimum absolute atomic E-state index is 0.0127. The number of ketones is 2. The molecule has 0 fully saturated rings. The van der Waals surface area contributed by atoms with Gasteiger partial charge in [-0.05, 0) is 47.5 Å². The van der Waals surface area contributed by atoms with E-state index in [2.05, 4.69) is 0 Å². The largest absolute Gasteiger partial charge is 0.504 e. The molecule has 0 heterocycles. The van der Waals surface area contributed by atoms with Crippen LogP contribution in [0, 0.1) is 0 Å². The molecule has 0 saturated carbocycles. The van der Waals surface area contributed by atoms with Crippen LogP contribution in [0.1, 0.15) is 17.5 Å². The van der Waals surface area contributed by atoms with Gasteiger partial charge in [-0.1, -0.05) is 24.3 Å². The third kappa shape index (κ3) is 6.53. The number of hydrogen-bond donors (Lipinski definition) is 2. The topological polar surface area (TPSA) is 110 Å². The van der Waals surface area contributed by atoms with Crippen LogP contribution in [-0.4, -0.2) is 34.8 Å². The summed E-state index contributed by atoms with van der Waals surface area (Å²) in [6.45, 7) is 0. The van der Waals surface area contributed by atoms with Crippen LogP contribution < -0.4 is 9.47 Å². The lowest BCUT2D eigenvalue weighted by atomic mass is 10.1. The highest BCUT2D eigenvalue weighted by Gasteiger charge is 2.06. The molecule has 0 aliphatic heterocycles. The number of methoxy groups -OCH3 is 1. The Morgan fingerprint density at radius 1 is 0.931 bits per heavy atom. The number of benzene rings is 2. The van der Waals surface area contributed by atoms with E-state index in [4.69, 9.17) is 9.47 Å². The predicted octanol–water partition coefficient (Wildman–Crippen LogP) is 3.09.